The molecule has 27 heavy (non-hydrogen) atoms. The third-order valence-electron chi connectivity index (χ3n) is 3.65. The van der Waals surface area contributed by atoms with Gasteiger partial charge in [0.15, 0.2) is 15.0 Å². The first-order chi connectivity index (χ1) is 12.7. The molecule has 5 nitrogen and oxygen atoms in total. The second kappa shape index (κ2) is 7.98. The fraction of sp³-hybridized carbons (Fsp3) is 0.111. The van der Waals surface area contributed by atoms with Crippen LogP contribution < -0.4 is 5.32 Å². The number of nitrogens with zero attached hydrogens (tertiary/aromatic N) is 1. The monoisotopic (exact) mass is 440 g/mol. The number of thiazole rings is 1. The maximum atomic E-state index is 12.3. The van der Waals surface area contributed by atoms with E-state index >= 15 is 0 Å². The van der Waals surface area contributed by atoms with E-state index in [1.165, 1.54) is 35.6 Å². The lowest BCUT2D eigenvalue weighted by Crippen LogP contribution is -2.22. The van der Waals surface area contributed by atoms with Gasteiger partial charge in [0.25, 0.3) is 0 Å². The second-order valence-electron chi connectivity index (χ2n) is 5.69. The van der Waals surface area contributed by atoms with E-state index in [4.69, 9.17) is 23.2 Å². The summed E-state index contributed by atoms with van der Waals surface area (Å²) in [6.07, 6.45) is 0. The number of aromatic nitrogens is 1. The predicted molar refractivity (Wildman–Crippen MR) is 109 cm³/mol. The molecule has 1 amide bonds. The summed E-state index contributed by atoms with van der Waals surface area (Å²) >= 11 is 12.9. The Hall–Kier alpha value is -1.93. The highest BCUT2D eigenvalue weighted by Crippen LogP contribution is 2.31. The summed E-state index contributed by atoms with van der Waals surface area (Å²) < 4.78 is 24.7. The van der Waals surface area contributed by atoms with Gasteiger partial charge < -0.3 is 5.32 Å². The molecule has 9 heteroatoms. The van der Waals surface area contributed by atoms with Crippen molar-refractivity contribution in [1.82, 2.24) is 4.98 Å². The number of benzene rings is 2. The van der Waals surface area contributed by atoms with Crippen LogP contribution in [0, 0.1) is 6.92 Å². The number of nitrogens with one attached hydrogen (secondary N) is 1. The van der Waals surface area contributed by atoms with Crippen LogP contribution in [0.4, 0.5) is 5.13 Å². The first-order valence-corrected chi connectivity index (χ1v) is 11.0. The van der Waals surface area contributed by atoms with Crippen LogP contribution in [0.1, 0.15) is 4.88 Å². The van der Waals surface area contributed by atoms with Crippen LogP contribution in [-0.4, -0.2) is 25.1 Å². The van der Waals surface area contributed by atoms with E-state index in [1.54, 1.807) is 12.1 Å². The molecule has 0 aliphatic carbocycles. The Morgan fingerprint density at radius 3 is 2.19 bits per heavy atom. The maximum Gasteiger partial charge on any atom is 0.241 e. The topological polar surface area (TPSA) is 76.1 Å². The second-order valence-corrected chi connectivity index (χ2v) is 9.76. The maximum absolute atomic E-state index is 12.3. The highest BCUT2D eigenvalue weighted by atomic mass is 35.5. The standard InChI is InChI=1S/C18H14Cl2N2O3S2/c1-11-17(12-2-4-13(19)5-3-12)22-18(26-11)21-16(23)10-27(24,25)15-8-6-14(20)7-9-15/h2-9H,10H2,1H3,(H,21,22,23). The summed E-state index contributed by atoms with van der Waals surface area (Å²) in [5.74, 6) is -1.33. The van der Waals surface area contributed by atoms with Gasteiger partial charge in [0.1, 0.15) is 5.75 Å². The number of hydrogen-bond donors (Lipinski definition) is 1. The van der Waals surface area contributed by atoms with Crippen LogP contribution >= 0.6 is 34.5 Å². The van der Waals surface area contributed by atoms with E-state index in [2.05, 4.69) is 10.3 Å². The molecule has 0 unspecified atom stereocenters. The van der Waals surface area contributed by atoms with Gasteiger partial charge in [-0.05, 0) is 43.3 Å². The Labute approximate surface area is 170 Å². The highest BCUT2D eigenvalue weighted by Gasteiger charge is 2.21. The number of sulfone groups is 1. The van der Waals surface area contributed by atoms with Gasteiger partial charge in [0.2, 0.25) is 5.91 Å². The minimum absolute atomic E-state index is 0.0409. The Kier molecular flexibility index (Phi) is 5.86. The van der Waals surface area contributed by atoms with Gasteiger partial charge in [-0.25, -0.2) is 13.4 Å². The molecule has 0 radical (unpaired) electrons. The number of halogens is 2. The zero-order chi connectivity index (χ0) is 19.6. The Bertz CT molecular complexity index is 1080. The average molecular weight is 441 g/mol. The molecular formula is C18H14Cl2N2O3S2. The van der Waals surface area contributed by atoms with Crippen molar-refractivity contribution in [2.75, 3.05) is 11.1 Å². The number of carbonyl (C=O) groups excluding carboxylic acids is 1. The zero-order valence-electron chi connectivity index (χ0n) is 14.1. The normalized spacial score (nSPS) is 11.4. The average Bonchev–Trinajstić information content (AvgIpc) is 2.95. The Balaban J connectivity index is 1.74. The Morgan fingerprint density at radius 2 is 1.59 bits per heavy atom. The van der Waals surface area contributed by atoms with E-state index < -0.39 is 21.5 Å². The van der Waals surface area contributed by atoms with Crippen molar-refractivity contribution in [3.63, 3.8) is 0 Å². The summed E-state index contributed by atoms with van der Waals surface area (Å²) in [6.45, 7) is 1.88. The van der Waals surface area contributed by atoms with Crippen LogP contribution in [0.2, 0.25) is 10.0 Å². The molecule has 0 aliphatic rings. The number of carbonyl (C=O) groups is 1. The van der Waals surface area contributed by atoms with E-state index in [0.717, 1.165) is 10.4 Å². The molecule has 0 spiro atoms. The molecule has 1 aromatic heterocycles. The predicted octanol–water partition coefficient (Wildman–Crippen LogP) is 4.84. The molecule has 1 heterocycles. The number of hydrogen-bond acceptors (Lipinski definition) is 5. The van der Waals surface area contributed by atoms with Gasteiger partial charge in [-0.3, -0.25) is 4.79 Å². The van der Waals surface area contributed by atoms with Gasteiger partial charge >= 0.3 is 0 Å². The first-order valence-electron chi connectivity index (χ1n) is 7.76. The molecule has 0 atom stereocenters. The number of amides is 1. The molecular weight excluding hydrogens is 427 g/mol. The van der Waals surface area contributed by atoms with Gasteiger partial charge in [-0.15, -0.1) is 11.3 Å². The summed E-state index contributed by atoms with van der Waals surface area (Å²) in [4.78, 5) is 17.5. The molecule has 0 aliphatic heterocycles. The smallest absolute Gasteiger partial charge is 0.241 e. The lowest BCUT2D eigenvalue weighted by molar-refractivity contribution is -0.113. The minimum Gasteiger partial charge on any atom is -0.301 e. The minimum atomic E-state index is -3.77. The van der Waals surface area contributed by atoms with Crippen molar-refractivity contribution in [2.24, 2.45) is 0 Å². The molecule has 0 saturated carbocycles. The van der Waals surface area contributed by atoms with Crippen LogP contribution in [0.3, 0.4) is 0 Å². The van der Waals surface area contributed by atoms with Crippen molar-refractivity contribution >= 4 is 55.4 Å². The SMILES string of the molecule is Cc1sc(NC(=O)CS(=O)(=O)c2ccc(Cl)cc2)nc1-c1ccc(Cl)cc1. The summed E-state index contributed by atoms with van der Waals surface area (Å²) in [5, 5.41) is 3.94. The van der Waals surface area contributed by atoms with Gasteiger partial charge in [0.05, 0.1) is 10.6 Å². The Morgan fingerprint density at radius 1 is 1.04 bits per heavy atom. The molecule has 3 aromatic rings. The van der Waals surface area contributed by atoms with Crippen LogP contribution in [0.25, 0.3) is 11.3 Å². The van der Waals surface area contributed by atoms with Crippen molar-refractivity contribution < 1.29 is 13.2 Å². The molecule has 1 N–H and O–H groups in total. The molecule has 0 fully saturated rings. The fourth-order valence-corrected chi connectivity index (χ4v) is 4.62. The lowest BCUT2D eigenvalue weighted by Gasteiger charge is -2.04. The largest absolute Gasteiger partial charge is 0.301 e. The molecule has 0 saturated heterocycles. The molecule has 2 aromatic carbocycles. The fourth-order valence-electron chi connectivity index (χ4n) is 2.38. The molecule has 140 valence electrons. The van der Waals surface area contributed by atoms with Gasteiger partial charge in [0, 0.05) is 20.5 Å². The lowest BCUT2D eigenvalue weighted by atomic mass is 10.1. The zero-order valence-corrected chi connectivity index (χ0v) is 17.2. The van der Waals surface area contributed by atoms with E-state index in [1.807, 2.05) is 19.1 Å². The quantitative estimate of drug-likeness (QED) is 0.615. The van der Waals surface area contributed by atoms with Crippen LogP contribution in [0.5, 0.6) is 0 Å². The van der Waals surface area contributed by atoms with Crippen molar-refractivity contribution in [3.05, 3.63) is 63.5 Å². The third kappa shape index (κ3) is 4.87. The summed E-state index contributed by atoms with van der Waals surface area (Å²) in [5.41, 5.74) is 1.58. The summed E-state index contributed by atoms with van der Waals surface area (Å²) in [6, 6.07) is 12.9. The molecule has 0 bridgehead atoms. The number of rotatable bonds is 5. The van der Waals surface area contributed by atoms with Gasteiger partial charge in [-0.1, -0.05) is 35.3 Å². The van der Waals surface area contributed by atoms with E-state index in [-0.39, 0.29) is 4.90 Å². The van der Waals surface area contributed by atoms with Crippen LogP contribution in [-0.2, 0) is 14.6 Å². The molecule has 3 rings (SSSR count). The number of anilines is 1. The van der Waals surface area contributed by atoms with Crippen molar-refractivity contribution in [3.8, 4) is 11.3 Å². The van der Waals surface area contributed by atoms with Gasteiger partial charge in [-0.2, -0.15) is 0 Å². The first kappa shape index (κ1) is 19.8. The van der Waals surface area contributed by atoms with Crippen molar-refractivity contribution in [1.29, 1.82) is 0 Å². The van der Waals surface area contributed by atoms with E-state index in [0.29, 0.717) is 20.9 Å². The van der Waals surface area contributed by atoms with Crippen molar-refractivity contribution in [2.45, 2.75) is 11.8 Å². The van der Waals surface area contributed by atoms with E-state index in [9.17, 15) is 13.2 Å². The summed E-state index contributed by atoms with van der Waals surface area (Å²) in [7, 11) is -3.77. The highest BCUT2D eigenvalue weighted by molar-refractivity contribution is 7.92. The van der Waals surface area contributed by atoms with Crippen LogP contribution in [0.15, 0.2) is 53.4 Å². The number of aryl methyl sites for hydroxylation is 1. The third-order valence-corrected chi connectivity index (χ3v) is 6.68.